The monoisotopic (exact) mass is 303 g/mol. The summed E-state index contributed by atoms with van der Waals surface area (Å²) in [5.74, 6) is 0.157. The summed E-state index contributed by atoms with van der Waals surface area (Å²) in [4.78, 5) is 2.46. The van der Waals surface area contributed by atoms with E-state index in [4.69, 9.17) is 4.74 Å². The largest absolute Gasteiger partial charge is 0.435 e. The third kappa shape index (κ3) is 3.40. The molecule has 1 aromatic heterocycles. The fraction of sp³-hybridized carbons (Fsp3) is 0.786. The number of halogens is 3. The van der Waals surface area contributed by atoms with Gasteiger partial charge in [0.2, 0.25) is 0 Å². The van der Waals surface area contributed by atoms with E-state index < -0.39 is 11.9 Å². The van der Waals surface area contributed by atoms with Crippen LogP contribution >= 0.6 is 0 Å². The number of aromatic amines is 1. The van der Waals surface area contributed by atoms with Crippen molar-refractivity contribution in [1.82, 2.24) is 15.1 Å². The molecule has 0 bridgehead atoms. The van der Waals surface area contributed by atoms with Crippen LogP contribution in [0.15, 0.2) is 6.07 Å². The van der Waals surface area contributed by atoms with E-state index in [9.17, 15) is 13.2 Å². The first-order valence-electron chi connectivity index (χ1n) is 7.48. The number of piperidine rings is 1. The lowest BCUT2D eigenvalue weighted by Gasteiger charge is -2.39. The zero-order valence-electron chi connectivity index (χ0n) is 11.8. The van der Waals surface area contributed by atoms with Crippen molar-refractivity contribution in [2.45, 2.75) is 43.8 Å². The molecule has 2 aliphatic rings. The van der Waals surface area contributed by atoms with Crippen LogP contribution in [-0.4, -0.2) is 47.4 Å². The first-order chi connectivity index (χ1) is 10.0. The lowest BCUT2D eigenvalue weighted by molar-refractivity contribution is -0.141. The highest BCUT2D eigenvalue weighted by Gasteiger charge is 2.35. The normalized spacial score (nSPS) is 23.6. The van der Waals surface area contributed by atoms with E-state index in [-0.39, 0.29) is 5.92 Å². The van der Waals surface area contributed by atoms with Crippen LogP contribution in [0.2, 0.25) is 0 Å². The van der Waals surface area contributed by atoms with Crippen molar-refractivity contribution in [2.75, 3.05) is 26.3 Å². The van der Waals surface area contributed by atoms with Gasteiger partial charge in [-0.25, -0.2) is 0 Å². The maximum absolute atomic E-state index is 12.6. The smallest absolute Gasteiger partial charge is 0.381 e. The van der Waals surface area contributed by atoms with Crippen molar-refractivity contribution in [3.63, 3.8) is 0 Å². The van der Waals surface area contributed by atoms with Crippen LogP contribution in [0.25, 0.3) is 0 Å². The molecule has 0 aliphatic carbocycles. The van der Waals surface area contributed by atoms with Gasteiger partial charge in [0.1, 0.15) is 0 Å². The van der Waals surface area contributed by atoms with Gasteiger partial charge in [-0.3, -0.25) is 5.10 Å². The molecule has 2 saturated heterocycles. The van der Waals surface area contributed by atoms with E-state index in [1.807, 2.05) is 0 Å². The molecular weight excluding hydrogens is 283 g/mol. The molecule has 4 nitrogen and oxygen atoms in total. The zero-order valence-corrected chi connectivity index (χ0v) is 11.8. The molecule has 0 spiro atoms. The van der Waals surface area contributed by atoms with E-state index in [1.165, 1.54) is 0 Å². The summed E-state index contributed by atoms with van der Waals surface area (Å²) in [5.41, 5.74) is -0.196. The Balaban J connectivity index is 1.56. The Morgan fingerprint density at radius 3 is 2.38 bits per heavy atom. The minimum absolute atomic E-state index is 0.157. The highest BCUT2D eigenvalue weighted by Crippen LogP contribution is 2.33. The number of likely N-dealkylation sites (tertiary alicyclic amines) is 1. The molecule has 0 atom stereocenters. The van der Waals surface area contributed by atoms with Gasteiger partial charge in [0.05, 0.1) is 0 Å². The Bertz CT molecular complexity index is 460. The highest BCUT2D eigenvalue weighted by molar-refractivity contribution is 5.16. The molecule has 0 saturated carbocycles. The molecule has 21 heavy (non-hydrogen) atoms. The highest BCUT2D eigenvalue weighted by atomic mass is 19.4. The fourth-order valence-corrected chi connectivity index (χ4v) is 3.32. The van der Waals surface area contributed by atoms with Crippen LogP contribution in [0.3, 0.4) is 0 Å². The summed E-state index contributed by atoms with van der Waals surface area (Å²) in [6.07, 6.45) is -0.467. The number of rotatable bonds is 2. The van der Waals surface area contributed by atoms with Crippen LogP contribution in [0.4, 0.5) is 13.2 Å². The van der Waals surface area contributed by atoms with E-state index in [0.717, 1.165) is 58.1 Å². The summed E-state index contributed by atoms with van der Waals surface area (Å²) in [7, 11) is 0. The number of H-pyrrole nitrogens is 1. The lowest BCUT2D eigenvalue weighted by atomic mass is 9.91. The van der Waals surface area contributed by atoms with Crippen molar-refractivity contribution in [2.24, 2.45) is 0 Å². The van der Waals surface area contributed by atoms with Gasteiger partial charge in [-0.2, -0.15) is 18.3 Å². The molecule has 3 heterocycles. The molecule has 7 heteroatoms. The Labute approximate surface area is 121 Å². The number of nitrogens with zero attached hydrogens (tertiary/aromatic N) is 2. The molecule has 118 valence electrons. The number of hydrogen-bond acceptors (Lipinski definition) is 3. The third-order valence-electron chi connectivity index (χ3n) is 4.56. The second-order valence-corrected chi connectivity index (χ2v) is 5.86. The van der Waals surface area contributed by atoms with Crippen molar-refractivity contribution < 1.29 is 17.9 Å². The second-order valence-electron chi connectivity index (χ2n) is 5.86. The topological polar surface area (TPSA) is 41.1 Å². The minimum atomic E-state index is -4.36. The fourth-order valence-electron chi connectivity index (χ4n) is 3.32. The molecule has 0 amide bonds. The quantitative estimate of drug-likeness (QED) is 0.913. The Kier molecular flexibility index (Phi) is 4.21. The summed E-state index contributed by atoms with van der Waals surface area (Å²) < 4.78 is 43.1. The van der Waals surface area contributed by atoms with E-state index in [0.29, 0.717) is 11.7 Å². The number of aromatic nitrogens is 2. The average Bonchev–Trinajstić information content (AvgIpc) is 2.98. The summed E-state index contributed by atoms with van der Waals surface area (Å²) in [6, 6.07) is 1.74. The molecule has 0 radical (unpaired) electrons. The Hall–Kier alpha value is -1.08. The van der Waals surface area contributed by atoms with Crippen molar-refractivity contribution in [1.29, 1.82) is 0 Å². The van der Waals surface area contributed by atoms with Crippen molar-refractivity contribution in [3.8, 4) is 0 Å². The lowest BCUT2D eigenvalue weighted by Crippen LogP contribution is -2.43. The van der Waals surface area contributed by atoms with Gasteiger partial charge in [-0.05, 0) is 44.8 Å². The van der Waals surface area contributed by atoms with Gasteiger partial charge < -0.3 is 9.64 Å². The van der Waals surface area contributed by atoms with E-state index in [2.05, 4.69) is 15.1 Å². The molecular formula is C14H20F3N3O. The maximum atomic E-state index is 12.6. The predicted octanol–water partition coefficient (Wildman–Crippen LogP) is 2.79. The van der Waals surface area contributed by atoms with Gasteiger partial charge in [0.25, 0.3) is 0 Å². The van der Waals surface area contributed by atoms with Gasteiger partial charge in [0, 0.05) is 30.9 Å². The van der Waals surface area contributed by atoms with E-state index in [1.54, 1.807) is 0 Å². The number of ether oxygens (including phenoxy) is 1. The van der Waals surface area contributed by atoms with Crippen molar-refractivity contribution in [3.05, 3.63) is 17.5 Å². The Morgan fingerprint density at radius 2 is 1.81 bits per heavy atom. The van der Waals surface area contributed by atoms with Gasteiger partial charge in [0.15, 0.2) is 5.69 Å². The predicted molar refractivity (Wildman–Crippen MR) is 71.0 cm³/mol. The zero-order chi connectivity index (χ0) is 14.9. The molecule has 2 fully saturated rings. The van der Waals surface area contributed by atoms with Gasteiger partial charge in [-0.15, -0.1) is 0 Å². The first-order valence-corrected chi connectivity index (χ1v) is 7.48. The third-order valence-corrected chi connectivity index (χ3v) is 4.56. The number of nitrogens with one attached hydrogen (secondary N) is 1. The van der Waals surface area contributed by atoms with Crippen LogP contribution in [0.1, 0.15) is 43.0 Å². The summed E-state index contributed by atoms with van der Waals surface area (Å²) in [5, 5.41) is 5.96. The van der Waals surface area contributed by atoms with Gasteiger partial charge in [-0.1, -0.05) is 0 Å². The summed E-state index contributed by atoms with van der Waals surface area (Å²) in [6.45, 7) is 3.52. The standard InChI is InChI=1S/C14H20F3N3O/c15-14(16,17)13-9-12(18-19-13)10-1-5-20(6-2-10)11-3-7-21-8-4-11/h9-11H,1-8H2,(H,18,19). The van der Waals surface area contributed by atoms with Crippen molar-refractivity contribution >= 4 is 0 Å². The molecule has 1 aromatic rings. The molecule has 1 N–H and O–H groups in total. The Morgan fingerprint density at radius 1 is 1.14 bits per heavy atom. The first kappa shape index (κ1) is 14.8. The van der Waals surface area contributed by atoms with Gasteiger partial charge >= 0.3 is 6.18 Å². The molecule has 2 aliphatic heterocycles. The maximum Gasteiger partial charge on any atom is 0.435 e. The number of alkyl halides is 3. The SMILES string of the molecule is FC(F)(F)c1cc(C2CCN(C3CCOCC3)CC2)[nH]n1. The van der Waals surface area contributed by atoms with Crippen LogP contribution in [0.5, 0.6) is 0 Å². The van der Waals surface area contributed by atoms with E-state index >= 15 is 0 Å². The van der Waals surface area contributed by atoms with Crippen LogP contribution < -0.4 is 0 Å². The molecule has 0 unspecified atom stereocenters. The molecule has 3 rings (SSSR count). The summed E-state index contributed by atoms with van der Waals surface area (Å²) >= 11 is 0. The molecule has 0 aromatic carbocycles. The van der Waals surface area contributed by atoms with Crippen LogP contribution in [0, 0.1) is 0 Å². The average molecular weight is 303 g/mol. The minimum Gasteiger partial charge on any atom is -0.381 e. The number of hydrogen-bond donors (Lipinski definition) is 1. The van der Waals surface area contributed by atoms with Crippen LogP contribution in [-0.2, 0) is 10.9 Å². The second kappa shape index (κ2) is 5.96.